The Labute approximate surface area is 191 Å². The van der Waals surface area contributed by atoms with E-state index in [0.717, 1.165) is 38.8 Å². The zero-order valence-corrected chi connectivity index (χ0v) is 20.1. The van der Waals surface area contributed by atoms with Crippen molar-refractivity contribution in [3.63, 3.8) is 0 Å². The molecule has 0 N–H and O–H groups in total. The first-order valence-electron chi connectivity index (χ1n) is 12.5. The Morgan fingerprint density at radius 1 is 0.656 bits per heavy atom. The molecule has 0 aliphatic carbocycles. The molecule has 0 heterocycles. The summed E-state index contributed by atoms with van der Waals surface area (Å²) >= 11 is 0. The second-order valence-corrected chi connectivity index (χ2v) is 8.70. The molecule has 192 valence electrons. The number of alkyl halides is 5. The van der Waals surface area contributed by atoms with E-state index in [1.807, 2.05) is 0 Å². The van der Waals surface area contributed by atoms with Crippen LogP contribution in [0.3, 0.4) is 0 Å². The van der Waals surface area contributed by atoms with Crippen LogP contribution in [0.2, 0.25) is 0 Å². The molecule has 32 heavy (non-hydrogen) atoms. The molecule has 0 fully saturated rings. The van der Waals surface area contributed by atoms with Gasteiger partial charge in [-0.15, -0.1) is 0 Å². The fraction of sp³-hybridized carbons (Fsp3) is 0.958. The number of carbonyl (C=O) groups excluding carboxylic acids is 1. The van der Waals surface area contributed by atoms with Gasteiger partial charge in [0.15, 0.2) is 6.61 Å². The van der Waals surface area contributed by atoms with Crippen LogP contribution in [0.25, 0.3) is 0 Å². The number of hydrogen-bond donors (Lipinski definition) is 0. The topological polar surface area (TPSA) is 29.5 Å². The van der Waals surface area contributed by atoms with Gasteiger partial charge in [-0.05, 0) is 25.9 Å². The minimum atomic E-state index is -5.71. The molecule has 0 radical (unpaired) electrons. The second kappa shape index (κ2) is 18.5. The van der Waals surface area contributed by atoms with Gasteiger partial charge < -0.3 is 9.64 Å². The molecule has 0 atom stereocenters. The van der Waals surface area contributed by atoms with E-state index in [2.05, 4.69) is 23.5 Å². The minimum absolute atomic E-state index is 0.180. The number of hydrogen-bond acceptors (Lipinski definition) is 3. The normalized spacial score (nSPS) is 12.5. The average Bonchev–Trinajstić information content (AvgIpc) is 2.73. The summed E-state index contributed by atoms with van der Waals surface area (Å²) < 4.78 is 66.6. The van der Waals surface area contributed by atoms with Gasteiger partial charge in [-0.2, -0.15) is 22.0 Å². The number of halogens is 5. The van der Waals surface area contributed by atoms with Crippen molar-refractivity contribution in [1.82, 2.24) is 4.90 Å². The van der Waals surface area contributed by atoms with Crippen LogP contribution in [0.5, 0.6) is 0 Å². The van der Waals surface area contributed by atoms with Crippen molar-refractivity contribution >= 4 is 5.97 Å². The maximum absolute atomic E-state index is 12.9. The summed E-state index contributed by atoms with van der Waals surface area (Å²) in [5, 5.41) is 0. The Bertz CT molecular complexity index is 440. The highest BCUT2D eigenvalue weighted by Crippen LogP contribution is 2.35. The molecular weight excluding hydrogens is 429 g/mol. The van der Waals surface area contributed by atoms with Crippen LogP contribution in [0.15, 0.2) is 0 Å². The third-order valence-corrected chi connectivity index (χ3v) is 5.62. The van der Waals surface area contributed by atoms with Gasteiger partial charge in [-0.3, -0.25) is 4.79 Å². The van der Waals surface area contributed by atoms with Crippen molar-refractivity contribution in [2.75, 3.05) is 26.2 Å². The standard InChI is InChI=1S/C24H44F5NO2/c1-3-5-7-9-11-13-15-18-30(19-16-14-12-10-8-6-4-2)20-17-22(31)32-21-23(25,26)24(27,28)29/h3-21H2,1-2H3. The molecule has 0 aliphatic rings. The van der Waals surface area contributed by atoms with Crippen molar-refractivity contribution in [3.05, 3.63) is 0 Å². The maximum Gasteiger partial charge on any atom is 0.456 e. The van der Waals surface area contributed by atoms with Gasteiger partial charge in [-0.25, -0.2) is 0 Å². The molecule has 3 nitrogen and oxygen atoms in total. The van der Waals surface area contributed by atoms with Crippen LogP contribution in [0.1, 0.15) is 110 Å². The molecule has 0 aromatic rings. The summed E-state index contributed by atoms with van der Waals surface area (Å²) in [6, 6.07) is 0. The van der Waals surface area contributed by atoms with E-state index < -0.39 is 24.7 Å². The lowest BCUT2D eigenvalue weighted by molar-refractivity contribution is -0.294. The van der Waals surface area contributed by atoms with Gasteiger partial charge >= 0.3 is 18.1 Å². The third kappa shape index (κ3) is 16.7. The van der Waals surface area contributed by atoms with E-state index in [-0.39, 0.29) is 6.42 Å². The van der Waals surface area contributed by atoms with Crippen LogP contribution < -0.4 is 0 Å². The van der Waals surface area contributed by atoms with Gasteiger partial charge in [0, 0.05) is 6.54 Å². The summed E-state index contributed by atoms with van der Waals surface area (Å²) in [6.07, 6.45) is 10.4. The van der Waals surface area contributed by atoms with Gasteiger partial charge in [-0.1, -0.05) is 90.9 Å². The molecule has 0 saturated heterocycles. The molecule has 0 aliphatic heterocycles. The van der Waals surface area contributed by atoms with Crippen LogP contribution in [-0.2, 0) is 9.53 Å². The van der Waals surface area contributed by atoms with Crippen molar-refractivity contribution < 1.29 is 31.5 Å². The van der Waals surface area contributed by atoms with Crippen LogP contribution in [-0.4, -0.2) is 49.2 Å². The second-order valence-electron chi connectivity index (χ2n) is 8.70. The molecule has 8 heteroatoms. The molecule has 0 aromatic heterocycles. The van der Waals surface area contributed by atoms with Crippen LogP contribution >= 0.6 is 0 Å². The Balaban J connectivity index is 4.29. The summed E-state index contributed by atoms with van der Waals surface area (Å²) in [5.41, 5.74) is 0. The Morgan fingerprint density at radius 2 is 1.06 bits per heavy atom. The maximum atomic E-state index is 12.9. The van der Waals surface area contributed by atoms with Gasteiger partial charge in [0.1, 0.15) is 0 Å². The van der Waals surface area contributed by atoms with E-state index in [9.17, 15) is 26.7 Å². The number of carbonyl (C=O) groups is 1. The van der Waals surface area contributed by atoms with Crippen LogP contribution in [0, 0.1) is 0 Å². The van der Waals surface area contributed by atoms with Gasteiger partial charge in [0.05, 0.1) is 6.42 Å². The quantitative estimate of drug-likeness (QED) is 0.0963. The first kappa shape index (κ1) is 31.1. The van der Waals surface area contributed by atoms with E-state index in [4.69, 9.17) is 0 Å². The fourth-order valence-electron chi connectivity index (χ4n) is 3.49. The minimum Gasteiger partial charge on any atom is -0.459 e. The molecule has 0 amide bonds. The lowest BCUT2D eigenvalue weighted by atomic mass is 10.1. The summed E-state index contributed by atoms with van der Waals surface area (Å²) in [7, 11) is 0. The SMILES string of the molecule is CCCCCCCCCN(CCCCCCCCC)CCC(=O)OCC(F)(F)C(F)(F)F. The summed E-state index contributed by atoms with van der Waals surface area (Å²) in [5.74, 6) is -6.03. The number of rotatable bonds is 21. The Morgan fingerprint density at radius 3 is 1.47 bits per heavy atom. The van der Waals surface area contributed by atoms with Crippen molar-refractivity contribution in [1.29, 1.82) is 0 Å². The van der Waals surface area contributed by atoms with E-state index in [1.54, 1.807) is 0 Å². The van der Waals surface area contributed by atoms with E-state index in [0.29, 0.717) is 6.54 Å². The van der Waals surface area contributed by atoms with Crippen molar-refractivity contribution in [2.45, 2.75) is 122 Å². The Hall–Kier alpha value is -0.920. The molecular formula is C24H44F5NO2. The van der Waals surface area contributed by atoms with Gasteiger partial charge in [0.25, 0.3) is 0 Å². The van der Waals surface area contributed by atoms with E-state index in [1.165, 1.54) is 64.2 Å². The monoisotopic (exact) mass is 473 g/mol. The lowest BCUT2D eigenvalue weighted by Gasteiger charge is -2.23. The molecule has 0 aromatic carbocycles. The summed E-state index contributed by atoms with van der Waals surface area (Å²) in [4.78, 5) is 13.8. The number of ether oxygens (including phenoxy) is 1. The van der Waals surface area contributed by atoms with Crippen molar-refractivity contribution in [2.24, 2.45) is 0 Å². The zero-order valence-electron chi connectivity index (χ0n) is 20.1. The summed E-state index contributed by atoms with van der Waals surface area (Å²) in [6.45, 7) is 4.33. The van der Waals surface area contributed by atoms with Crippen LogP contribution in [0.4, 0.5) is 22.0 Å². The lowest BCUT2D eigenvalue weighted by Crippen LogP contribution is -2.41. The number of unbranched alkanes of at least 4 members (excludes halogenated alkanes) is 12. The van der Waals surface area contributed by atoms with Crippen molar-refractivity contribution in [3.8, 4) is 0 Å². The third-order valence-electron chi connectivity index (χ3n) is 5.62. The fourth-order valence-corrected chi connectivity index (χ4v) is 3.49. The molecule has 0 unspecified atom stereocenters. The number of esters is 1. The highest BCUT2D eigenvalue weighted by Gasteiger charge is 2.58. The Kier molecular flexibility index (Phi) is 18.0. The molecule has 0 saturated carbocycles. The first-order valence-corrected chi connectivity index (χ1v) is 12.5. The predicted molar refractivity (Wildman–Crippen MR) is 119 cm³/mol. The molecule has 0 spiro atoms. The largest absolute Gasteiger partial charge is 0.459 e. The molecule has 0 bridgehead atoms. The highest BCUT2D eigenvalue weighted by molar-refractivity contribution is 5.69. The molecule has 0 rings (SSSR count). The highest BCUT2D eigenvalue weighted by atomic mass is 19.4. The van der Waals surface area contributed by atoms with Gasteiger partial charge in [0.2, 0.25) is 0 Å². The van der Waals surface area contributed by atoms with E-state index >= 15 is 0 Å². The number of nitrogens with zero attached hydrogens (tertiary/aromatic N) is 1. The first-order chi connectivity index (χ1) is 15.1. The predicted octanol–water partition coefficient (Wildman–Crippen LogP) is 7.92. The average molecular weight is 474 g/mol. The zero-order chi connectivity index (χ0) is 24.3. The smallest absolute Gasteiger partial charge is 0.456 e.